The number of hydrogen-bond donors (Lipinski definition) is 0. The zero-order valence-electron chi connectivity index (χ0n) is 5.62. The van der Waals surface area contributed by atoms with Crippen LogP contribution in [0.3, 0.4) is 0 Å². The van der Waals surface area contributed by atoms with E-state index in [1.54, 1.807) is 18.1 Å². The summed E-state index contributed by atoms with van der Waals surface area (Å²) in [6, 6.07) is 0. The first kappa shape index (κ1) is 7.68. The predicted octanol–water partition coefficient (Wildman–Crippen LogP) is 0.687. The van der Waals surface area contributed by atoms with E-state index in [-0.39, 0.29) is 0 Å². The second kappa shape index (κ2) is 3.68. The Kier molecular flexibility index (Phi) is 2.82. The normalized spacial score (nSPS) is 10.2. The third-order valence-electron chi connectivity index (χ3n) is 1.00. The molecule has 56 valence electrons. The van der Waals surface area contributed by atoms with Crippen molar-refractivity contribution in [3.05, 3.63) is 10.8 Å². The summed E-state index contributed by atoms with van der Waals surface area (Å²) in [6.07, 6.45) is 1.65. The van der Waals surface area contributed by atoms with Crippen molar-refractivity contribution in [1.82, 2.24) is 15.0 Å². The molecule has 10 heavy (non-hydrogen) atoms. The van der Waals surface area contributed by atoms with Gasteiger partial charge >= 0.3 is 0 Å². The number of hydrogen-bond acceptors (Lipinski definition) is 3. The number of ether oxygens (including phenoxy) is 1. The third-order valence-corrected chi connectivity index (χ3v) is 1.37. The summed E-state index contributed by atoms with van der Waals surface area (Å²) < 4.78 is 5.59. The van der Waals surface area contributed by atoms with Gasteiger partial charge in [-0.25, -0.2) is 0 Å². The first-order valence-corrected chi connectivity index (χ1v) is 3.67. The van der Waals surface area contributed by atoms with Gasteiger partial charge in [-0.2, -0.15) is 9.90 Å². The SMILES string of the molecule is COCCn1ncc(Br)n1. The summed E-state index contributed by atoms with van der Waals surface area (Å²) >= 11 is 3.19. The van der Waals surface area contributed by atoms with Crippen LogP contribution in [0.2, 0.25) is 0 Å². The monoisotopic (exact) mass is 205 g/mol. The molecule has 1 aromatic heterocycles. The zero-order chi connectivity index (χ0) is 7.40. The van der Waals surface area contributed by atoms with Gasteiger partial charge in [-0.3, -0.25) is 0 Å². The Morgan fingerprint density at radius 1 is 1.80 bits per heavy atom. The first-order chi connectivity index (χ1) is 4.83. The third kappa shape index (κ3) is 2.07. The van der Waals surface area contributed by atoms with E-state index in [1.807, 2.05) is 0 Å². The molecule has 0 spiro atoms. The number of nitrogens with zero attached hydrogens (tertiary/aromatic N) is 3. The molecular weight excluding hydrogens is 198 g/mol. The van der Waals surface area contributed by atoms with Gasteiger partial charge in [0, 0.05) is 7.11 Å². The van der Waals surface area contributed by atoms with Crippen LogP contribution in [0.1, 0.15) is 0 Å². The van der Waals surface area contributed by atoms with Crippen molar-refractivity contribution < 1.29 is 4.74 Å². The Bertz CT molecular complexity index is 201. The van der Waals surface area contributed by atoms with E-state index in [0.29, 0.717) is 13.2 Å². The van der Waals surface area contributed by atoms with E-state index in [1.165, 1.54) is 0 Å². The minimum Gasteiger partial charge on any atom is -0.383 e. The lowest BCUT2D eigenvalue weighted by Gasteiger charge is -1.95. The maximum absolute atomic E-state index is 4.84. The Hall–Kier alpha value is -0.420. The molecule has 0 saturated carbocycles. The van der Waals surface area contributed by atoms with Gasteiger partial charge in [-0.1, -0.05) is 0 Å². The summed E-state index contributed by atoms with van der Waals surface area (Å²) in [4.78, 5) is 1.58. The van der Waals surface area contributed by atoms with Crippen LogP contribution in [0.15, 0.2) is 10.8 Å². The van der Waals surface area contributed by atoms with Gasteiger partial charge in [-0.15, -0.1) is 5.10 Å². The van der Waals surface area contributed by atoms with Crippen LogP contribution in [-0.2, 0) is 11.3 Å². The number of aromatic nitrogens is 3. The average molecular weight is 206 g/mol. The van der Waals surface area contributed by atoms with Crippen LogP contribution in [-0.4, -0.2) is 28.7 Å². The summed E-state index contributed by atoms with van der Waals surface area (Å²) in [6.45, 7) is 1.34. The molecule has 0 aromatic carbocycles. The molecule has 0 amide bonds. The van der Waals surface area contributed by atoms with E-state index in [4.69, 9.17) is 4.74 Å². The fraction of sp³-hybridized carbons (Fsp3) is 0.600. The Balaban J connectivity index is 2.42. The molecular formula is C5H8BrN3O. The molecule has 0 aliphatic rings. The lowest BCUT2D eigenvalue weighted by molar-refractivity contribution is 0.178. The number of methoxy groups -OCH3 is 1. The minimum atomic E-state index is 0.640. The van der Waals surface area contributed by atoms with E-state index in [0.717, 1.165) is 4.60 Å². The second-order valence-electron chi connectivity index (χ2n) is 1.76. The van der Waals surface area contributed by atoms with E-state index in [2.05, 4.69) is 26.1 Å². The van der Waals surface area contributed by atoms with Gasteiger partial charge in [0.25, 0.3) is 0 Å². The molecule has 1 heterocycles. The lowest BCUT2D eigenvalue weighted by Crippen LogP contribution is -2.06. The Morgan fingerprint density at radius 2 is 2.60 bits per heavy atom. The Labute approximate surface area is 67.3 Å². The maximum atomic E-state index is 4.84. The first-order valence-electron chi connectivity index (χ1n) is 2.87. The van der Waals surface area contributed by atoms with Gasteiger partial charge < -0.3 is 4.74 Å². The van der Waals surface area contributed by atoms with Crippen molar-refractivity contribution in [2.45, 2.75) is 6.54 Å². The largest absolute Gasteiger partial charge is 0.383 e. The van der Waals surface area contributed by atoms with Crippen LogP contribution in [0.4, 0.5) is 0 Å². The fourth-order valence-corrected chi connectivity index (χ4v) is 0.832. The van der Waals surface area contributed by atoms with Crippen LogP contribution >= 0.6 is 15.9 Å². The quantitative estimate of drug-likeness (QED) is 0.730. The maximum Gasteiger partial charge on any atom is 0.148 e. The van der Waals surface area contributed by atoms with E-state index < -0.39 is 0 Å². The van der Waals surface area contributed by atoms with Crippen molar-refractivity contribution in [3.63, 3.8) is 0 Å². The zero-order valence-corrected chi connectivity index (χ0v) is 7.21. The van der Waals surface area contributed by atoms with Gasteiger partial charge in [0.1, 0.15) is 4.60 Å². The number of halogens is 1. The summed E-state index contributed by atoms with van der Waals surface area (Å²) in [5.74, 6) is 0. The van der Waals surface area contributed by atoms with Crippen molar-refractivity contribution in [2.24, 2.45) is 0 Å². The van der Waals surface area contributed by atoms with Gasteiger partial charge in [0.05, 0.1) is 19.3 Å². The molecule has 4 nitrogen and oxygen atoms in total. The molecule has 0 saturated heterocycles. The molecule has 0 N–H and O–H groups in total. The Morgan fingerprint density at radius 3 is 3.10 bits per heavy atom. The molecule has 0 atom stereocenters. The smallest absolute Gasteiger partial charge is 0.148 e. The topological polar surface area (TPSA) is 39.9 Å². The molecule has 0 aliphatic carbocycles. The predicted molar refractivity (Wildman–Crippen MR) is 39.6 cm³/mol. The van der Waals surface area contributed by atoms with Crippen molar-refractivity contribution in [1.29, 1.82) is 0 Å². The summed E-state index contributed by atoms with van der Waals surface area (Å²) in [5, 5.41) is 7.92. The van der Waals surface area contributed by atoms with Crippen molar-refractivity contribution in [3.8, 4) is 0 Å². The van der Waals surface area contributed by atoms with Gasteiger partial charge in [0.2, 0.25) is 0 Å². The molecule has 0 radical (unpaired) electrons. The van der Waals surface area contributed by atoms with Crippen molar-refractivity contribution in [2.75, 3.05) is 13.7 Å². The molecule has 0 fully saturated rings. The molecule has 0 bridgehead atoms. The summed E-state index contributed by atoms with van der Waals surface area (Å²) in [7, 11) is 1.65. The highest BCUT2D eigenvalue weighted by atomic mass is 79.9. The highest BCUT2D eigenvalue weighted by Crippen LogP contribution is 1.99. The molecule has 1 aromatic rings. The van der Waals surface area contributed by atoms with Crippen LogP contribution in [0, 0.1) is 0 Å². The molecule has 0 aliphatic heterocycles. The van der Waals surface area contributed by atoms with Gasteiger partial charge in [0.15, 0.2) is 0 Å². The van der Waals surface area contributed by atoms with E-state index in [9.17, 15) is 0 Å². The number of rotatable bonds is 3. The fourth-order valence-electron chi connectivity index (χ4n) is 0.557. The van der Waals surface area contributed by atoms with Crippen LogP contribution in [0.25, 0.3) is 0 Å². The second-order valence-corrected chi connectivity index (χ2v) is 2.57. The minimum absolute atomic E-state index is 0.640. The van der Waals surface area contributed by atoms with E-state index >= 15 is 0 Å². The van der Waals surface area contributed by atoms with Crippen molar-refractivity contribution >= 4 is 15.9 Å². The standard InChI is InChI=1S/C5H8BrN3O/c1-10-3-2-9-7-4-5(6)8-9/h4H,2-3H2,1H3. The highest BCUT2D eigenvalue weighted by molar-refractivity contribution is 9.10. The van der Waals surface area contributed by atoms with Gasteiger partial charge in [-0.05, 0) is 15.9 Å². The average Bonchev–Trinajstić information content (AvgIpc) is 2.31. The molecule has 0 unspecified atom stereocenters. The highest BCUT2D eigenvalue weighted by Gasteiger charge is 1.93. The summed E-state index contributed by atoms with van der Waals surface area (Å²) in [5.41, 5.74) is 0. The molecule has 5 heteroatoms. The molecule has 1 rings (SSSR count). The van der Waals surface area contributed by atoms with Crippen LogP contribution in [0.5, 0.6) is 0 Å². The lowest BCUT2D eigenvalue weighted by atomic mass is 10.7. The van der Waals surface area contributed by atoms with Crippen LogP contribution < -0.4 is 0 Å².